The molecular weight excluding hydrogens is 168 g/mol. The van der Waals surface area contributed by atoms with Gasteiger partial charge in [0.1, 0.15) is 0 Å². The molecule has 0 unspecified atom stereocenters. The number of halogens is 1. The largest absolute Gasteiger partial charge is 2.00 e. The van der Waals surface area contributed by atoms with Crippen LogP contribution in [-0.2, 0) is 5.88 Å². The first-order valence-electron chi connectivity index (χ1n) is 3.14. The van der Waals surface area contributed by atoms with Crippen molar-refractivity contribution < 1.29 is 2.85 Å². The molecular formula is C9H11ClMg. The van der Waals surface area contributed by atoms with Crippen LogP contribution in [0.15, 0.2) is 30.8 Å². The number of rotatable bonds is 2. The van der Waals surface area contributed by atoms with Crippen molar-refractivity contribution in [3.05, 3.63) is 42.0 Å². The minimum absolute atomic E-state index is 0. The van der Waals surface area contributed by atoms with E-state index in [1.807, 2.05) is 30.3 Å². The fraction of sp³-hybridized carbons (Fsp3) is 0.111. The second-order valence-electron chi connectivity index (χ2n) is 2.08. The van der Waals surface area contributed by atoms with Crippen molar-refractivity contribution >= 4 is 40.7 Å². The Balaban J connectivity index is -0.000000333. The van der Waals surface area contributed by atoms with Gasteiger partial charge in [-0.2, -0.15) is 0 Å². The second kappa shape index (κ2) is 5.64. The zero-order valence-electron chi connectivity index (χ0n) is 8.39. The first kappa shape index (κ1) is 11.0. The molecule has 0 saturated heterocycles. The molecule has 11 heavy (non-hydrogen) atoms. The second-order valence-corrected chi connectivity index (χ2v) is 2.35. The molecule has 0 N–H and O–H groups in total. The third-order valence-corrected chi connectivity index (χ3v) is 1.68. The fourth-order valence-electron chi connectivity index (χ4n) is 0.743. The Bertz CT molecular complexity index is 224. The van der Waals surface area contributed by atoms with E-state index in [0.29, 0.717) is 5.88 Å². The number of hydrogen-bond donors (Lipinski definition) is 0. The molecule has 0 aliphatic heterocycles. The maximum atomic E-state index is 5.60. The number of hydrogen-bond acceptors (Lipinski definition) is 0. The third kappa shape index (κ3) is 3.28. The van der Waals surface area contributed by atoms with E-state index in [0.717, 1.165) is 11.1 Å². The Morgan fingerprint density at radius 3 is 2.27 bits per heavy atom. The predicted octanol–water partition coefficient (Wildman–Crippen LogP) is 2.91. The molecule has 0 heterocycles. The average molecular weight is 179 g/mol. The minimum atomic E-state index is 0. The molecule has 1 aromatic carbocycles. The Labute approximate surface area is 91.4 Å². The van der Waals surface area contributed by atoms with E-state index < -0.39 is 0 Å². The van der Waals surface area contributed by atoms with Crippen molar-refractivity contribution in [3.8, 4) is 0 Å². The van der Waals surface area contributed by atoms with Crippen molar-refractivity contribution in [2.24, 2.45) is 0 Å². The monoisotopic (exact) mass is 178 g/mol. The summed E-state index contributed by atoms with van der Waals surface area (Å²) in [7, 11) is 0. The molecule has 0 amide bonds. The summed E-state index contributed by atoms with van der Waals surface area (Å²) in [5, 5.41) is 0. The van der Waals surface area contributed by atoms with Gasteiger partial charge >= 0.3 is 23.1 Å². The first-order valence-corrected chi connectivity index (χ1v) is 3.67. The molecule has 1 aromatic rings. The summed E-state index contributed by atoms with van der Waals surface area (Å²) < 4.78 is 0. The van der Waals surface area contributed by atoms with Crippen LogP contribution in [0.2, 0.25) is 0 Å². The van der Waals surface area contributed by atoms with Gasteiger partial charge in [0, 0.05) is 5.88 Å². The molecule has 0 nitrogen and oxygen atoms in total. The Hall–Kier alpha value is 0.0162. The number of benzene rings is 1. The summed E-state index contributed by atoms with van der Waals surface area (Å²) >= 11 is 5.60. The Kier molecular flexibility index (Phi) is 5.65. The topological polar surface area (TPSA) is 0 Å². The van der Waals surface area contributed by atoms with Gasteiger partial charge in [-0.1, -0.05) is 36.9 Å². The quantitative estimate of drug-likeness (QED) is 0.483. The smallest absolute Gasteiger partial charge is 1.00 e. The molecule has 2 heteroatoms. The van der Waals surface area contributed by atoms with Crippen molar-refractivity contribution in [1.29, 1.82) is 0 Å². The molecule has 0 radical (unpaired) electrons. The van der Waals surface area contributed by atoms with Gasteiger partial charge in [-0.3, -0.25) is 0 Å². The van der Waals surface area contributed by atoms with E-state index in [4.69, 9.17) is 11.6 Å². The molecule has 0 aliphatic carbocycles. The molecule has 0 saturated carbocycles. The van der Waals surface area contributed by atoms with E-state index in [2.05, 4.69) is 6.58 Å². The van der Waals surface area contributed by atoms with Crippen molar-refractivity contribution in [2.75, 3.05) is 0 Å². The van der Waals surface area contributed by atoms with E-state index in [1.54, 1.807) is 0 Å². The summed E-state index contributed by atoms with van der Waals surface area (Å²) in [5.41, 5.74) is 2.28. The maximum absolute atomic E-state index is 5.60. The zero-order valence-corrected chi connectivity index (χ0v) is 8.56. The normalized spacial score (nSPS) is 8.45. The molecule has 0 aliphatic rings. The Morgan fingerprint density at radius 1 is 1.36 bits per heavy atom. The Morgan fingerprint density at radius 2 is 1.91 bits per heavy atom. The summed E-state index contributed by atoms with van der Waals surface area (Å²) in [6.45, 7) is 3.65. The maximum Gasteiger partial charge on any atom is 2.00 e. The molecule has 0 bridgehead atoms. The standard InChI is InChI=1S/C9H9Cl.Mg.2H/c1-2-8-3-5-9(7-10)6-4-8;;;/h2-6H,1,7H2;;;/q;+2;2*-1. The van der Waals surface area contributed by atoms with Crippen LogP contribution in [0, 0.1) is 0 Å². The SMILES string of the molecule is C=Cc1ccc(CCl)cc1.[H-].[H-].[Mg+2]. The molecule has 1 rings (SSSR count). The van der Waals surface area contributed by atoms with Gasteiger partial charge in [-0.15, -0.1) is 11.6 Å². The first-order chi connectivity index (χ1) is 4.86. The zero-order chi connectivity index (χ0) is 7.40. The van der Waals surface area contributed by atoms with Crippen LogP contribution in [-0.4, -0.2) is 23.1 Å². The summed E-state index contributed by atoms with van der Waals surface area (Å²) in [4.78, 5) is 0. The van der Waals surface area contributed by atoms with Crippen LogP contribution in [0.4, 0.5) is 0 Å². The van der Waals surface area contributed by atoms with E-state index >= 15 is 0 Å². The molecule has 56 valence electrons. The summed E-state index contributed by atoms with van der Waals surface area (Å²) in [5.74, 6) is 0.581. The fourth-order valence-corrected chi connectivity index (χ4v) is 0.921. The molecule has 0 atom stereocenters. The van der Waals surface area contributed by atoms with Crippen LogP contribution in [0.1, 0.15) is 14.0 Å². The average Bonchev–Trinajstić information content (AvgIpc) is 2.05. The van der Waals surface area contributed by atoms with Gasteiger partial charge in [0.05, 0.1) is 0 Å². The van der Waals surface area contributed by atoms with E-state index in [-0.39, 0.29) is 25.9 Å². The van der Waals surface area contributed by atoms with Crippen LogP contribution in [0.5, 0.6) is 0 Å². The van der Waals surface area contributed by atoms with Crippen molar-refractivity contribution in [2.45, 2.75) is 5.88 Å². The van der Waals surface area contributed by atoms with Crippen molar-refractivity contribution in [1.82, 2.24) is 0 Å². The summed E-state index contributed by atoms with van der Waals surface area (Å²) in [6, 6.07) is 8.02. The van der Waals surface area contributed by atoms with E-state index in [1.165, 1.54) is 0 Å². The van der Waals surface area contributed by atoms with Gasteiger partial charge in [0.25, 0.3) is 0 Å². The van der Waals surface area contributed by atoms with E-state index in [9.17, 15) is 0 Å². The van der Waals surface area contributed by atoms with Crippen LogP contribution < -0.4 is 0 Å². The number of alkyl halides is 1. The van der Waals surface area contributed by atoms with Crippen LogP contribution in [0.3, 0.4) is 0 Å². The molecule has 0 aromatic heterocycles. The van der Waals surface area contributed by atoms with Gasteiger partial charge in [-0.25, -0.2) is 0 Å². The van der Waals surface area contributed by atoms with Gasteiger partial charge in [0.2, 0.25) is 0 Å². The minimum Gasteiger partial charge on any atom is -1.00 e. The predicted molar refractivity (Wildman–Crippen MR) is 54.1 cm³/mol. The van der Waals surface area contributed by atoms with Gasteiger partial charge < -0.3 is 2.85 Å². The van der Waals surface area contributed by atoms with Crippen molar-refractivity contribution in [3.63, 3.8) is 0 Å². The third-order valence-electron chi connectivity index (χ3n) is 1.37. The molecule has 0 fully saturated rings. The van der Waals surface area contributed by atoms with Crippen LogP contribution >= 0.6 is 11.6 Å². The van der Waals surface area contributed by atoms with Gasteiger partial charge in [0.15, 0.2) is 0 Å². The molecule has 0 spiro atoms. The summed E-state index contributed by atoms with van der Waals surface area (Å²) in [6.07, 6.45) is 1.82. The van der Waals surface area contributed by atoms with Gasteiger partial charge in [-0.05, 0) is 11.1 Å². The van der Waals surface area contributed by atoms with Crippen LogP contribution in [0.25, 0.3) is 6.08 Å².